The van der Waals surface area contributed by atoms with Gasteiger partial charge in [0.1, 0.15) is 11.2 Å². The Morgan fingerprint density at radius 3 is 1.62 bits per heavy atom. The van der Waals surface area contributed by atoms with Gasteiger partial charge in [-0.3, -0.25) is 4.57 Å². The van der Waals surface area contributed by atoms with Gasteiger partial charge >= 0.3 is 0 Å². The predicted octanol–water partition coefficient (Wildman–Crippen LogP) is 13.6. The highest BCUT2D eigenvalue weighted by atomic mass is 32.3. The topological polar surface area (TPSA) is 43.9 Å². The van der Waals surface area contributed by atoms with Gasteiger partial charge in [0.25, 0.3) is 0 Å². The van der Waals surface area contributed by atoms with Gasteiger partial charge < -0.3 is 4.42 Å². The highest BCUT2D eigenvalue weighted by Crippen LogP contribution is 2.73. The molecule has 0 atom stereocenters. The van der Waals surface area contributed by atoms with Crippen LogP contribution in [0.3, 0.4) is 0 Å². The van der Waals surface area contributed by atoms with E-state index >= 15 is 0 Å². The van der Waals surface area contributed by atoms with E-state index in [1.165, 1.54) is 19.6 Å². The zero-order valence-electron chi connectivity index (χ0n) is 29.7. The van der Waals surface area contributed by atoms with E-state index in [2.05, 4.69) is 180 Å². The third kappa shape index (κ3) is 4.87. The molecule has 0 spiro atoms. The van der Waals surface area contributed by atoms with Crippen LogP contribution < -0.4 is 0 Å². The van der Waals surface area contributed by atoms with Crippen LogP contribution in [0.25, 0.3) is 71.9 Å². The molecule has 4 nitrogen and oxygen atoms in total. The lowest BCUT2D eigenvalue weighted by molar-refractivity contribution is 0.669. The molecule has 3 heterocycles. The number of rotatable bonds is 6. The molecule has 8 aromatic carbocycles. The van der Waals surface area contributed by atoms with Gasteiger partial charge in [-0.1, -0.05) is 121 Å². The van der Waals surface area contributed by atoms with E-state index < -0.39 is 10.0 Å². The summed E-state index contributed by atoms with van der Waals surface area (Å²) in [7, 11) is -1.93. The van der Waals surface area contributed by atoms with Crippen LogP contribution in [0.2, 0.25) is 0 Å². The minimum absolute atomic E-state index is 0.630. The normalized spacial score (nSPS) is 12.3. The first kappa shape index (κ1) is 31.6. The van der Waals surface area contributed by atoms with Gasteiger partial charge in [-0.25, -0.2) is 9.97 Å². The Labute approximate surface area is 319 Å². The maximum Gasteiger partial charge on any atom is 0.235 e. The molecule has 0 unspecified atom stereocenters. The van der Waals surface area contributed by atoms with Crippen LogP contribution in [-0.4, -0.2) is 14.5 Å². The minimum atomic E-state index is -1.93. The molecule has 0 aliphatic rings. The Morgan fingerprint density at radius 2 is 0.945 bits per heavy atom. The third-order valence-electron chi connectivity index (χ3n) is 10.7. The molecule has 0 saturated heterocycles. The Kier molecular flexibility index (Phi) is 7.22. The van der Waals surface area contributed by atoms with Gasteiger partial charge in [0.15, 0.2) is 0 Å². The van der Waals surface area contributed by atoms with E-state index in [0.717, 1.165) is 65.9 Å². The van der Waals surface area contributed by atoms with Gasteiger partial charge in [-0.15, -0.1) is 10.0 Å². The molecule has 0 amide bonds. The Balaban J connectivity index is 1.28. The van der Waals surface area contributed by atoms with Gasteiger partial charge in [0.05, 0.1) is 22.2 Å². The van der Waals surface area contributed by atoms with Crippen molar-refractivity contribution in [3.63, 3.8) is 0 Å². The summed E-state index contributed by atoms with van der Waals surface area (Å²) in [4.78, 5) is 15.8. The Bertz CT molecular complexity index is 3100. The number of hydrogen-bond donors (Lipinski definition) is 0. The highest BCUT2D eigenvalue weighted by Gasteiger charge is 2.34. The lowest BCUT2D eigenvalue weighted by Gasteiger charge is -2.42. The van der Waals surface area contributed by atoms with Crippen LogP contribution in [0.15, 0.2) is 224 Å². The number of benzene rings is 8. The molecule has 55 heavy (non-hydrogen) atoms. The minimum Gasteiger partial charge on any atom is -0.456 e. The molecule has 0 aliphatic carbocycles. The summed E-state index contributed by atoms with van der Waals surface area (Å²) in [5, 5.41) is 5.37. The molecule has 0 fully saturated rings. The van der Waals surface area contributed by atoms with Crippen LogP contribution in [0, 0.1) is 0 Å². The van der Waals surface area contributed by atoms with Crippen molar-refractivity contribution >= 4 is 64.7 Å². The van der Waals surface area contributed by atoms with E-state index in [-0.39, 0.29) is 0 Å². The number of para-hydroxylation sites is 2. The first-order chi connectivity index (χ1) is 27.3. The standard InChI is InChI=1S/C50H33N3OS/c1-5-17-34(18-6-1)49-40-26-13-15-27-44(40)51-50(52-49)53-45-30-29-38(31-41(45)42-33-48-43(32-46(42)53)39-25-14-16-28-47(39)54-48)55(35-19-7-2-8-20-35,36-21-9-3-10-22-36)37-23-11-4-12-24-37/h1-33H. The van der Waals surface area contributed by atoms with Crippen molar-refractivity contribution in [2.24, 2.45) is 0 Å². The average molecular weight is 724 g/mol. The summed E-state index contributed by atoms with van der Waals surface area (Å²) in [6, 6.07) is 71.5. The van der Waals surface area contributed by atoms with Crippen LogP contribution in [-0.2, 0) is 0 Å². The fourth-order valence-corrected chi connectivity index (χ4v) is 12.2. The van der Waals surface area contributed by atoms with Crippen molar-refractivity contribution in [3.8, 4) is 17.2 Å². The summed E-state index contributed by atoms with van der Waals surface area (Å²) in [5.74, 6) is 0.630. The quantitative estimate of drug-likeness (QED) is 0.172. The summed E-state index contributed by atoms with van der Waals surface area (Å²) in [6.07, 6.45) is 0. The molecular weight excluding hydrogens is 691 g/mol. The molecule has 260 valence electrons. The van der Waals surface area contributed by atoms with Crippen molar-refractivity contribution in [2.75, 3.05) is 0 Å². The smallest absolute Gasteiger partial charge is 0.235 e. The number of aromatic nitrogens is 3. The number of nitrogens with zero attached hydrogens (tertiary/aromatic N) is 3. The molecule has 0 radical (unpaired) electrons. The third-order valence-corrected chi connectivity index (χ3v) is 14.6. The highest BCUT2D eigenvalue weighted by molar-refractivity contribution is 8.34. The lowest BCUT2D eigenvalue weighted by Crippen LogP contribution is -2.05. The van der Waals surface area contributed by atoms with Crippen molar-refractivity contribution < 1.29 is 4.42 Å². The molecule has 3 aromatic heterocycles. The van der Waals surface area contributed by atoms with Gasteiger partial charge in [-0.2, -0.15) is 0 Å². The molecule has 0 aliphatic heterocycles. The Morgan fingerprint density at radius 1 is 0.382 bits per heavy atom. The van der Waals surface area contributed by atoms with Gasteiger partial charge in [0, 0.05) is 52.1 Å². The first-order valence-electron chi connectivity index (χ1n) is 18.5. The number of furan rings is 1. The van der Waals surface area contributed by atoms with Crippen molar-refractivity contribution in [3.05, 3.63) is 200 Å². The van der Waals surface area contributed by atoms with Gasteiger partial charge in [-0.05, 0) is 78.9 Å². The van der Waals surface area contributed by atoms with E-state index in [4.69, 9.17) is 14.4 Å². The molecule has 0 N–H and O–H groups in total. The average Bonchev–Trinajstić information content (AvgIpc) is 3.78. The second kappa shape index (κ2) is 12.6. The fraction of sp³-hybridized carbons (Fsp3) is 0. The van der Waals surface area contributed by atoms with E-state index in [0.29, 0.717) is 5.95 Å². The molecule has 0 saturated carbocycles. The molecule has 5 heteroatoms. The summed E-state index contributed by atoms with van der Waals surface area (Å²) >= 11 is 0. The van der Waals surface area contributed by atoms with Crippen LogP contribution >= 0.6 is 10.0 Å². The molecule has 11 aromatic rings. The first-order valence-corrected chi connectivity index (χ1v) is 20.1. The number of fused-ring (bicyclic) bond motifs is 7. The fourth-order valence-electron chi connectivity index (χ4n) is 8.29. The largest absolute Gasteiger partial charge is 0.456 e. The van der Waals surface area contributed by atoms with Crippen LogP contribution in [0.5, 0.6) is 0 Å². The lowest BCUT2D eigenvalue weighted by atomic mass is 10.1. The van der Waals surface area contributed by atoms with Crippen LogP contribution in [0.4, 0.5) is 0 Å². The van der Waals surface area contributed by atoms with E-state index in [9.17, 15) is 0 Å². The maximum absolute atomic E-state index is 6.53. The summed E-state index contributed by atoms with van der Waals surface area (Å²) in [5.41, 5.74) is 6.64. The van der Waals surface area contributed by atoms with Crippen molar-refractivity contribution in [1.82, 2.24) is 14.5 Å². The molecule has 0 bridgehead atoms. The monoisotopic (exact) mass is 723 g/mol. The maximum atomic E-state index is 6.53. The zero-order chi connectivity index (χ0) is 36.3. The van der Waals surface area contributed by atoms with E-state index in [1.54, 1.807) is 0 Å². The van der Waals surface area contributed by atoms with Crippen molar-refractivity contribution in [2.45, 2.75) is 19.6 Å². The van der Waals surface area contributed by atoms with Crippen LogP contribution in [0.1, 0.15) is 0 Å². The second-order valence-electron chi connectivity index (χ2n) is 13.8. The SMILES string of the molecule is c1ccc(-c2nc(-n3c4ccc(S(c5ccccc5)(c5ccccc5)c5ccccc5)cc4c4cc5oc6ccccc6c5cc43)nc3ccccc23)cc1. The molecular formula is C50H33N3OS. The summed E-state index contributed by atoms with van der Waals surface area (Å²) in [6.45, 7) is 0. The Hall–Kier alpha value is -6.95. The zero-order valence-corrected chi connectivity index (χ0v) is 30.5. The van der Waals surface area contributed by atoms with Crippen molar-refractivity contribution in [1.29, 1.82) is 0 Å². The van der Waals surface area contributed by atoms with E-state index in [1.807, 2.05) is 24.3 Å². The van der Waals surface area contributed by atoms with Gasteiger partial charge in [0.2, 0.25) is 5.95 Å². The number of hydrogen-bond acceptors (Lipinski definition) is 3. The second-order valence-corrected chi connectivity index (χ2v) is 16.9. The summed E-state index contributed by atoms with van der Waals surface area (Å²) < 4.78 is 8.78. The predicted molar refractivity (Wildman–Crippen MR) is 227 cm³/mol. The molecule has 11 rings (SSSR count).